The van der Waals surface area contributed by atoms with Gasteiger partial charge in [0.2, 0.25) is 0 Å². The van der Waals surface area contributed by atoms with Crippen LogP contribution in [0.2, 0.25) is 0 Å². The number of carboxylic acid groups (broad SMARTS) is 1. The molecule has 0 atom stereocenters. The standard InChI is InChI=1S/C25H19NO5/c1-31-19-12-8-17(9-13-19)15-26-23(27)21-5-3-2-4-20(21)22(24(26)28)14-16-6-10-18(11-7-16)25(29)30/h2-14H,15H2,1H3,(H,29,30)/b22-14-. The number of nitrogens with zero attached hydrogens (tertiary/aromatic N) is 1. The molecule has 3 aromatic carbocycles. The van der Waals surface area contributed by atoms with Gasteiger partial charge in [-0.05, 0) is 53.1 Å². The minimum absolute atomic E-state index is 0.130. The van der Waals surface area contributed by atoms with Crippen molar-refractivity contribution in [2.75, 3.05) is 7.11 Å². The van der Waals surface area contributed by atoms with Gasteiger partial charge in [0.25, 0.3) is 11.8 Å². The quantitative estimate of drug-likeness (QED) is 0.503. The predicted octanol–water partition coefficient (Wildman–Crippen LogP) is 4.12. The second-order valence-corrected chi connectivity index (χ2v) is 7.08. The lowest BCUT2D eigenvalue weighted by molar-refractivity contribution is -0.123. The third kappa shape index (κ3) is 3.96. The molecule has 0 radical (unpaired) electrons. The predicted molar refractivity (Wildman–Crippen MR) is 116 cm³/mol. The van der Waals surface area contributed by atoms with E-state index in [0.29, 0.717) is 28.0 Å². The van der Waals surface area contributed by atoms with E-state index in [2.05, 4.69) is 0 Å². The summed E-state index contributed by atoms with van der Waals surface area (Å²) in [5.74, 6) is -1.08. The van der Waals surface area contributed by atoms with E-state index >= 15 is 0 Å². The highest BCUT2D eigenvalue weighted by Crippen LogP contribution is 2.31. The van der Waals surface area contributed by atoms with Crippen LogP contribution in [0.1, 0.15) is 37.4 Å². The van der Waals surface area contributed by atoms with Gasteiger partial charge in [0, 0.05) is 11.1 Å². The van der Waals surface area contributed by atoms with Gasteiger partial charge in [0.1, 0.15) is 5.75 Å². The normalized spacial score (nSPS) is 14.5. The zero-order valence-electron chi connectivity index (χ0n) is 16.7. The van der Waals surface area contributed by atoms with Crippen LogP contribution < -0.4 is 4.74 Å². The van der Waals surface area contributed by atoms with Gasteiger partial charge in [0.05, 0.1) is 19.2 Å². The third-order valence-corrected chi connectivity index (χ3v) is 5.14. The summed E-state index contributed by atoms with van der Waals surface area (Å²) in [5.41, 5.74) is 3.02. The second kappa shape index (κ2) is 8.28. The van der Waals surface area contributed by atoms with Gasteiger partial charge in [-0.2, -0.15) is 0 Å². The van der Waals surface area contributed by atoms with Gasteiger partial charge >= 0.3 is 5.97 Å². The number of hydrogen-bond acceptors (Lipinski definition) is 4. The first-order valence-electron chi connectivity index (χ1n) is 9.61. The first-order valence-corrected chi connectivity index (χ1v) is 9.61. The number of amides is 2. The molecule has 2 amide bonds. The number of carboxylic acids is 1. The summed E-state index contributed by atoms with van der Waals surface area (Å²) in [7, 11) is 1.57. The van der Waals surface area contributed by atoms with Crippen LogP contribution in [-0.4, -0.2) is 34.9 Å². The Bertz CT molecular complexity index is 1190. The van der Waals surface area contributed by atoms with Crippen molar-refractivity contribution in [3.63, 3.8) is 0 Å². The van der Waals surface area contributed by atoms with Gasteiger partial charge in [-0.3, -0.25) is 14.5 Å². The van der Waals surface area contributed by atoms with E-state index < -0.39 is 11.9 Å². The zero-order valence-corrected chi connectivity index (χ0v) is 16.7. The number of methoxy groups -OCH3 is 1. The van der Waals surface area contributed by atoms with E-state index in [4.69, 9.17) is 9.84 Å². The molecule has 31 heavy (non-hydrogen) atoms. The molecule has 154 valence electrons. The van der Waals surface area contributed by atoms with Crippen LogP contribution in [0.5, 0.6) is 5.75 Å². The summed E-state index contributed by atoms with van der Waals surface area (Å²) in [5, 5.41) is 9.08. The smallest absolute Gasteiger partial charge is 0.335 e. The van der Waals surface area contributed by atoms with Crippen molar-refractivity contribution < 1.29 is 24.2 Å². The lowest BCUT2D eigenvalue weighted by atomic mass is 9.91. The molecule has 3 aromatic rings. The first kappa shape index (κ1) is 20.1. The van der Waals surface area contributed by atoms with Crippen molar-refractivity contribution >= 4 is 29.4 Å². The Morgan fingerprint density at radius 3 is 2.16 bits per heavy atom. The lowest BCUT2D eigenvalue weighted by Gasteiger charge is -2.28. The Hall–Kier alpha value is -4.19. The Morgan fingerprint density at radius 1 is 0.903 bits per heavy atom. The van der Waals surface area contributed by atoms with Crippen molar-refractivity contribution in [1.82, 2.24) is 4.90 Å². The van der Waals surface area contributed by atoms with E-state index in [0.717, 1.165) is 5.56 Å². The fourth-order valence-corrected chi connectivity index (χ4v) is 3.49. The Kier molecular flexibility index (Phi) is 5.37. The number of imide groups is 1. The van der Waals surface area contributed by atoms with E-state index in [9.17, 15) is 14.4 Å². The summed E-state index contributed by atoms with van der Waals surface area (Å²) in [6, 6.07) is 20.4. The van der Waals surface area contributed by atoms with Crippen molar-refractivity contribution in [3.8, 4) is 5.75 Å². The van der Waals surface area contributed by atoms with Crippen LogP contribution in [0.4, 0.5) is 0 Å². The second-order valence-electron chi connectivity index (χ2n) is 7.08. The van der Waals surface area contributed by atoms with Gasteiger partial charge < -0.3 is 9.84 Å². The number of ether oxygens (including phenoxy) is 1. The minimum atomic E-state index is -1.02. The van der Waals surface area contributed by atoms with Gasteiger partial charge in [-0.1, -0.05) is 42.5 Å². The highest BCUT2D eigenvalue weighted by molar-refractivity contribution is 6.33. The van der Waals surface area contributed by atoms with E-state index in [1.54, 1.807) is 61.7 Å². The van der Waals surface area contributed by atoms with Crippen molar-refractivity contribution in [2.24, 2.45) is 0 Å². The number of fused-ring (bicyclic) bond motifs is 1. The summed E-state index contributed by atoms with van der Waals surface area (Å²) < 4.78 is 5.16. The van der Waals surface area contributed by atoms with Crippen molar-refractivity contribution in [2.45, 2.75) is 6.54 Å². The molecule has 1 aliphatic heterocycles. The Morgan fingerprint density at radius 2 is 1.55 bits per heavy atom. The van der Waals surface area contributed by atoms with Gasteiger partial charge in [-0.25, -0.2) is 4.79 Å². The molecule has 6 heteroatoms. The lowest BCUT2D eigenvalue weighted by Crippen LogP contribution is -2.41. The minimum Gasteiger partial charge on any atom is -0.497 e. The van der Waals surface area contributed by atoms with E-state index in [1.165, 1.54) is 17.0 Å². The number of carbonyl (C=O) groups excluding carboxylic acids is 2. The van der Waals surface area contributed by atoms with E-state index in [-0.39, 0.29) is 18.0 Å². The molecule has 0 unspecified atom stereocenters. The SMILES string of the molecule is COc1ccc(CN2C(=O)/C(=C\c3ccc(C(=O)O)cc3)c3ccccc3C2=O)cc1. The summed E-state index contributed by atoms with van der Waals surface area (Å²) in [4.78, 5) is 38.7. The highest BCUT2D eigenvalue weighted by atomic mass is 16.5. The Balaban J connectivity index is 1.73. The number of benzene rings is 3. The molecular formula is C25H19NO5. The summed E-state index contributed by atoms with van der Waals surface area (Å²) in [6.07, 6.45) is 1.68. The van der Waals surface area contributed by atoms with E-state index in [1.807, 2.05) is 12.1 Å². The topological polar surface area (TPSA) is 83.9 Å². The van der Waals surface area contributed by atoms with Gasteiger partial charge in [0.15, 0.2) is 0 Å². The maximum atomic E-state index is 13.3. The highest BCUT2D eigenvalue weighted by Gasteiger charge is 2.34. The van der Waals surface area contributed by atoms with Crippen LogP contribution in [-0.2, 0) is 11.3 Å². The number of aromatic carboxylic acids is 1. The fraction of sp³-hybridized carbons (Fsp3) is 0.0800. The zero-order chi connectivity index (χ0) is 22.0. The largest absolute Gasteiger partial charge is 0.497 e. The Labute approximate surface area is 179 Å². The molecule has 0 aromatic heterocycles. The molecule has 1 N–H and O–H groups in total. The molecule has 0 bridgehead atoms. The monoisotopic (exact) mass is 413 g/mol. The van der Waals surface area contributed by atoms with Crippen molar-refractivity contribution in [1.29, 1.82) is 0 Å². The fourth-order valence-electron chi connectivity index (χ4n) is 3.49. The summed E-state index contributed by atoms with van der Waals surface area (Å²) >= 11 is 0. The molecule has 6 nitrogen and oxygen atoms in total. The van der Waals surface area contributed by atoms with Crippen LogP contribution in [0, 0.1) is 0 Å². The number of rotatable bonds is 5. The molecule has 0 saturated heterocycles. The third-order valence-electron chi connectivity index (χ3n) is 5.14. The molecule has 1 heterocycles. The number of carbonyl (C=O) groups is 3. The molecule has 1 aliphatic rings. The van der Waals surface area contributed by atoms with Crippen molar-refractivity contribution in [3.05, 3.63) is 101 Å². The summed E-state index contributed by atoms with van der Waals surface area (Å²) in [6.45, 7) is 0.130. The molecule has 0 saturated carbocycles. The molecule has 4 rings (SSSR count). The first-order chi connectivity index (χ1) is 15.0. The molecule has 0 spiro atoms. The molecule has 0 aliphatic carbocycles. The number of hydrogen-bond donors (Lipinski definition) is 1. The van der Waals surface area contributed by atoms with Crippen LogP contribution in [0.3, 0.4) is 0 Å². The van der Waals surface area contributed by atoms with Crippen LogP contribution >= 0.6 is 0 Å². The average Bonchev–Trinajstić information content (AvgIpc) is 2.80. The van der Waals surface area contributed by atoms with Gasteiger partial charge in [-0.15, -0.1) is 0 Å². The average molecular weight is 413 g/mol. The molecule has 0 fully saturated rings. The maximum Gasteiger partial charge on any atom is 0.335 e. The molecular weight excluding hydrogens is 394 g/mol. The van der Waals surface area contributed by atoms with Crippen LogP contribution in [0.15, 0.2) is 72.8 Å². The maximum absolute atomic E-state index is 13.3. The van der Waals surface area contributed by atoms with Crippen LogP contribution in [0.25, 0.3) is 11.6 Å².